The van der Waals surface area contributed by atoms with Crippen LogP contribution in [0.2, 0.25) is 0 Å². The van der Waals surface area contributed by atoms with Crippen molar-refractivity contribution in [2.24, 2.45) is 5.73 Å². The van der Waals surface area contributed by atoms with Gasteiger partial charge in [0.1, 0.15) is 12.4 Å². The van der Waals surface area contributed by atoms with Crippen molar-refractivity contribution < 1.29 is 19.4 Å². The fraction of sp³-hybridized carbons (Fsp3) is 0.250. The van der Waals surface area contributed by atoms with Gasteiger partial charge in [-0.1, -0.05) is 30.3 Å². The molecule has 0 bridgehead atoms. The second-order valence-electron chi connectivity index (χ2n) is 4.76. The highest BCUT2D eigenvalue weighted by atomic mass is 35.5. The van der Waals surface area contributed by atoms with Crippen molar-refractivity contribution in [3.63, 3.8) is 0 Å². The summed E-state index contributed by atoms with van der Waals surface area (Å²) in [6.07, 6.45) is 2.07. The van der Waals surface area contributed by atoms with E-state index in [2.05, 4.69) is 4.98 Å². The summed E-state index contributed by atoms with van der Waals surface area (Å²) >= 11 is 0. The zero-order chi connectivity index (χ0) is 15.9. The second kappa shape index (κ2) is 8.97. The van der Waals surface area contributed by atoms with Gasteiger partial charge >= 0.3 is 5.97 Å². The molecule has 0 spiro atoms. The van der Waals surface area contributed by atoms with Crippen molar-refractivity contribution >= 4 is 18.4 Å². The number of aromatic carboxylic acids is 1. The Labute approximate surface area is 140 Å². The number of rotatable bonds is 7. The van der Waals surface area contributed by atoms with E-state index in [9.17, 15) is 9.90 Å². The average Bonchev–Trinajstić information content (AvgIpc) is 2.53. The van der Waals surface area contributed by atoms with Crippen LogP contribution in [-0.4, -0.2) is 35.8 Å². The number of carbonyl (C=O) groups is 1. The van der Waals surface area contributed by atoms with E-state index >= 15 is 0 Å². The number of hydrogen-bond acceptors (Lipinski definition) is 5. The van der Waals surface area contributed by atoms with Gasteiger partial charge < -0.3 is 20.3 Å². The molecular weight excluding hydrogens is 320 g/mol. The largest absolute Gasteiger partial charge is 0.496 e. The quantitative estimate of drug-likeness (QED) is 0.803. The summed E-state index contributed by atoms with van der Waals surface area (Å²) in [5, 5.41) is 9.25. The molecule has 1 aromatic carbocycles. The zero-order valence-corrected chi connectivity index (χ0v) is 13.5. The summed E-state index contributed by atoms with van der Waals surface area (Å²) in [7, 11) is 1.40. The van der Waals surface area contributed by atoms with Gasteiger partial charge in [-0.3, -0.25) is 0 Å². The molecule has 7 heteroatoms. The number of pyridine rings is 1. The lowest BCUT2D eigenvalue weighted by Gasteiger charge is -2.15. The summed E-state index contributed by atoms with van der Waals surface area (Å²) in [4.78, 5) is 15.3. The van der Waals surface area contributed by atoms with Crippen LogP contribution >= 0.6 is 12.4 Å². The van der Waals surface area contributed by atoms with Gasteiger partial charge in [-0.15, -0.1) is 12.4 Å². The van der Waals surface area contributed by atoms with E-state index in [1.54, 1.807) is 0 Å². The van der Waals surface area contributed by atoms with E-state index in [4.69, 9.17) is 15.2 Å². The van der Waals surface area contributed by atoms with E-state index in [0.717, 1.165) is 5.56 Å². The predicted octanol–water partition coefficient (Wildman–Crippen LogP) is 2.16. The molecule has 3 N–H and O–H groups in total. The summed E-state index contributed by atoms with van der Waals surface area (Å²) in [6, 6.07) is 11.0. The Hall–Kier alpha value is -2.31. The molecule has 2 rings (SSSR count). The monoisotopic (exact) mass is 338 g/mol. The standard InChI is InChI=1S/C16H18N2O4.ClH/c1-21-13-7-8-18-15(14(13)16(19)20)22-10-12(17)9-11-5-3-2-4-6-11;/h2-8,12H,9-10,17H2,1H3,(H,19,20);1H/t12-;/m1./s1. The minimum Gasteiger partial charge on any atom is -0.496 e. The van der Waals surface area contributed by atoms with Crippen LogP contribution < -0.4 is 15.2 Å². The molecule has 0 saturated heterocycles. The minimum atomic E-state index is -1.16. The van der Waals surface area contributed by atoms with Gasteiger partial charge in [0.25, 0.3) is 0 Å². The van der Waals surface area contributed by atoms with E-state index < -0.39 is 5.97 Å². The number of methoxy groups -OCH3 is 1. The van der Waals surface area contributed by atoms with Gasteiger partial charge in [0.2, 0.25) is 5.88 Å². The van der Waals surface area contributed by atoms with Crippen molar-refractivity contribution in [2.45, 2.75) is 12.5 Å². The number of ether oxygens (including phenoxy) is 2. The first kappa shape index (κ1) is 18.7. The average molecular weight is 339 g/mol. The number of nitrogens with zero attached hydrogens (tertiary/aromatic N) is 1. The highest BCUT2D eigenvalue weighted by Gasteiger charge is 2.19. The summed E-state index contributed by atoms with van der Waals surface area (Å²) in [5.74, 6) is -0.943. The third-order valence-electron chi connectivity index (χ3n) is 3.09. The third-order valence-corrected chi connectivity index (χ3v) is 3.09. The molecule has 0 aliphatic heterocycles. The molecule has 1 heterocycles. The molecule has 1 aromatic heterocycles. The van der Waals surface area contributed by atoms with Crippen LogP contribution in [0, 0.1) is 0 Å². The first-order chi connectivity index (χ1) is 10.6. The molecule has 1 atom stereocenters. The Morgan fingerprint density at radius 2 is 2.00 bits per heavy atom. The van der Waals surface area contributed by atoms with E-state index in [-0.39, 0.29) is 42.2 Å². The smallest absolute Gasteiger partial charge is 0.345 e. The molecule has 0 aliphatic rings. The number of hydrogen-bond donors (Lipinski definition) is 2. The van der Waals surface area contributed by atoms with E-state index in [1.165, 1.54) is 19.4 Å². The lowest BCUT2D eigenvalue weighted by molar-refractivity contribution is 0.0686. The van der Waals surface area contributed by atoms with Gasteiger partial charge in [-0.2, -0.15) is 0 Å². The van der Waals surface area contributed by atoms with Gasteiger partial charge in [-0.05, 0) is 18.1 Å². The van der Waals surface area contributed by atoms with Crippen molar-refractivity contribution in [3.05, 3.63) is 53.7 Å². The molecule has 0 fully saturated rings. The number of carboxylic acids is 1. The summed E-state index contributed by atoms with van der Waals surface area (Å²) in [6.45, 7) is 0.162. The maximum Gasteiger partial charge on any atom is 0.345 e. The number of halogens is 1. The number of carboxylic acid groups (broad SMARTS) is 1. The molecule has 0 radical (unpaired) electrons. The van der Waals surface area contributed by atoms with Crippen LogP contribution in [0.4, 0.5) is 0 Å². The van der Waals surface area contributed by atoms with Gasteiger partial charge in [-0.25, -0.2) is 9.78 Å². The normalized spacial score (nSPS) is 11.2. The Bertz CT molecular complexity index is 637. The van der Waals surface area contributed by atoms with Crippen LogP contribution in [0.1, 0.15) is 15.9 Å². The Morgan fingerprint density at radius 3 is 2.61 bits per heavy atom. The Kier molecular flexibility index (Phi) is 7.31. The zero-order valence-electron chi connectivity index (χ0n) is 12.6. The molecule has 0 aliphatic carbocycles. The molecule has 23 heavy (non-hydrogen) atoms. The maximum atomic E-state index is 11.3. The van der Waals surface area contributed by atoms with Crippen LogP contribution in [-0.2, 0) is 6.42 Å². The highest BCUT2D eigenvalue weighted by molar-refractivity contribution is 5.93. The molecule has 6 nitrogen and oxygen atoms in total. The van der Waals surface area contributed by atoms with Crippen LogP contribution in [0.5, 0.6) is 11.6 Å². The molecule has 124 valence electrons. The minimum absolute atomic E-state index is 0. The first-order valence-corrected chi connectivity index (χ1v) is 6.80. The molecular formula is C16H19ClN2O4. The van der Waals surface area contributed by atoms with Crippen LogP contribution in [0.25, 0.3) is 0 Å². The lowest BCUT2D eigenvalue weighted by atomic mass is 10.1. The van der Waals surface area contributed by atoms with E-state index in [1.807, 2.05) is 30.3 Å². The van der Waals surface area contributed by atoms with E-state index in [0.29, 0.717) is 6.42 Å². The topological polar surface area (TPSA) is 94.7 Å². The third kappa shape index (κ3) is 5.12. The fourth-order valence-corrected chi connectivity index (χ4v) is 2.06. The SMILES string of the molecule is COc1ccnc(OC[C@H](N)Cc2ccccc2)c1C(=O)O.Cl. The first-order valence-electron chi connectivity index (χ1n) is 6.80. The maximum absolute atomic E-state index is 11.3. The van der Waals surface area contributed by atoms with Crippen molar-refractivity contribution in [3.8, 4) is 11.6 Å². The predicted molar refractivity (Wildman–Crippen MR) is 88.6 cm³/mol. The van der Waals surface area contributed by atoms with Gasteiger partial charge in [0.05, 0.1) is 7.11 Å². The lowest BCUT2D eigenvalue weighted by Crippen LogP contribution is -2.30. The summed E-state index contributed by atoms with van der Waals surface area (Å²) < 4.78 is 10.5. The van der Waals surface area contributed by atoms with Crippen molar-refractivity contribution in [1.29, 1.82) is 0 Å². The van der Waals surface area contributed by atoms with Crippen LogP contribution in [0.3, 0.4) is 0 Å². The molecule has 0 saturated carbocycles. The number of nitrogens with two attached hydrogens (primary N) is 1. The number of aromatic nitrogens is 1. The number of benzene rings is 1. The van der Waals surface area contributed by atoms with Crippen molar-refractivity contribution in [1.82, 2.24) is 4.98 Å². The Balaban J connectivity index is 0.00000264. The molecule has 0 unspecified atom stereocenters. The second-order valence-corrected chi connectivity index (χ2v) is 4.76. The van der Waals surface area contributed by atoms with Gasteiger partial charge in [0, 0.05) is 12.2 Å². The molecule has 2 aromatic rings. The van der Waals surface area contributed by atoms with Gasteiger partial charge in [0.15, 0.2) is 5.56 Å². The highest BCUT2D eigenvalue weighted by Crippen LogP contribution is 2.25. The summed E-state index contributed by atoms with van der Waals surface area (Å²) in [5.41, 5.74) is 7.01. The van der Waals surface area contributed by atoms with Crippen molar-refractivity contribution in [2.75, 3.05) is 13.7 Å². The fourth-order valence-electron chi connectivity index (χ4n) is 2.06. The Morgan fingerprint density at radius 1 is 1.30 bits per heavy atom. The molecule has 0 amide bonds. The van der Waals surface area contributed by atoms with Crippen LogP contribution in [0.15, 0.2) is 42.6 Å².